The number of benzene rings is 1. The molecule has 1 fully saturated rings. The van der Waals surface area contributed by atoms with Gasteiger partial charge in [0, 0.05) is 42.9 Å². The molecule has 1 aliphatic rings. The van der Waals surface area contributed by atoms with E-state index in [1.807, 2.05) is 41.8 Å². The van der Waals surface area contributed by atoms with Gasteiger partial charge in [0.15, 0.2) is 5.82 Å². The third-order valence-electron chi connectivity index (χ3n) is 4.63. The van der Waals surface area contributed by atoms with Crippen LogP contribution in [0, 0.1) is 5.82 Å². The van der Waals surface area contributed by atoms with E-state index >= 15 is 0 Å². The summed E-state index contributed by atoms with van der Waals surface area (Å²) in [6.45, 7) is 5.43. The molecule has 1 N–H and O–H groups in total. The molecule has 7 heteroatoms. The molecule has 0 aliphatic carbocycles. The van der Waals surface area contributed by atoms with Crippen LogP contribution in [0.25, 0.3) is 0 Å². The maximum atomic E-state index is 14.0. The Morgan fingerprint density at radius 2 is 1.96 bits per heavy atom. The van der Waals surface area contributed by atoms with Gasteiger partial charge in [-0.25, -0.2) is 9.18 Å². The predicted molar refractivity (Wildman–Crippen MR) is 101 cm³/mol. The number of aromatic nitrogens is 1. The van der Waals surface area contributed by atoms with Crippen molar-refractivity contribution in [2.24, 2.45) is 0 Å². The van der Waals surface area contributed by atoms with Crippen LogP contribution >= 0.6 is 11.6 Å². The van der Waals surface area contributed by atoms with Crippen LogP contribution in [-0.4, -0.2) is 41.1 Å². The fourth-order valence-electron chi connectivity index (χ4n) is 3.45. The average Bonchev–Trinajstić information content (AvgIpc) is 2.61. The minimum absolute atomic E-state index is 0.0578. The number of anilines is 1. The first-order valence-electron chi connectivity index (χ1n) is 8.61. The van der Waals surface area contributed by atoms with Gasteiger partial charge in [-0.2, -0.15) is 0 Å². The molecule has 1 saturated heterocycles. The van der Waals surface area contributed by atoms with E-state index in [2.05, 4.69) is 10.3 Å². The molecule has 0 saturated carbocycles. The monoisotopic (exact) mass is 376 g/mol. The summed E-state index contributed by atoms with van der Waals surface area (Å²) in [7, 11) is 0. The Kier molecular flexibility index (Phi) is 5.61. The van der Waals surface area contributed by atoms with E-state index in [4.69, 9.17) is 11.6 Å². The number of urea groups is 1. The van der Waals surface area contributed by atoms with Gasteiger partial charge in [0.2, 0.25) is 0 Å². The standard InChI is InChI=1S/C19H22ClFN4O/c1-13-11-24(18-7-8-22-10-17(18)21)12-14(2)25(13)19(26)23-9-15-5-3-4-6-16(15)20/h3-8,10,13-14H,9,11-12H2,1-2H3,(H,23,26)/t13-,14-/m1/s1. The fraction of sp³-hybridized carbons (Fsp3) is 0.368. The number of carbonyl (C=O) groups is 1. The molecule has 1 aromatic carbocycles. The molecule has 2 atom stereocenters. The zero-order chi connectivity index (χ0) is 18.7. The quantitative estimate of drug-likeness (QED) is 0.888. The van der Waals surface area contributed by atoms with Gasteiger partial charge in [-0.05, 0) is 31.5 Å². The van der Waals surface area contributed by atoms with Gasteiger partial charge in [0.05, 0.1) is 11.9 Å². The SMILES string of the molecule is C[C@@H]1CN(c2ccncc2F)C[C@@H](C)N1C(=O)NCc1ccccc1Cl. The Morgan fingerprint density at radius 1 is 1.27 bits per heavy atom. The van der Waals surface area contributed by atoms with Gasteiger partial charge >= 0.3 is 6.03 Å². The number of carbonyl (C=O) groups excluding carboxylic acids is 1. The van der Waals surface area contributed by atoms with Crippen molar-refractivity contribution in [2.45, 2.75) is 32.5 Å². The topological polar surface area (TPSA) is 48.5 Å². The predicted octanol–water partition coefficient (Wildman–Crippen LogP) is 3.68. The highest BCUT2D eigenvalue weighted by Crippen LogP contribution is 2.24. The second kappa shape index (κ2) is 7.91. The third kappa shape index (κ3) is 3.90. The van der Waals surface area contributed by atoms with E-state index in [1.54, 1.807) is 18.3 Å². The Bertz CT molecular complexity index is 776. The Morgan fingerprint density at radius 3 is 2.62 bits per heavy atom. The Balaban J connectivity index is 1.65. The zero-order valence-electron chi connectivity index (χ0n) is 14.8. The van der Waals surface area contributed by atoms with Crippen molar-refractivity contribution >= 4 is 23.3 Å². The first kappa shape index (κ1) is 18.5. The largest absolute Gasteiger partial charge is 0.365 e. The van der Waals surface area contributed by atoms with E-state index in [-0.39, 0.29) is 23.9 Å². The summed E-state index contributed by atoms with van der Waals surface area (Å²) in [5, 5.41) is 3.57. The number of rotatable bonds is 3. The summed E-state index contributed by atoms with van der Waals surface area (Å²) in [5.41, 5.74) is 1.40. The smallest absolute Gasteiger partial charge is 0.318 e. The Hall–Kier alpha value is -2.34. The number of nitrogens with zero attached hydrogens (tertiary/aromatic N) is 3. The van der Waals surface area contributed by atoms with E-state index < -0.39 is 0 Å². The zero-order valence-corrected chi connectivity index (χ0v) is 15.6. The minimum atomic E-state index is -0.344. The molecule has 2 aromatic rings. The maximum absolute atomic E-state index is 14.0. The number of amides is 2. The second-order valence-electron chi connectivity index (χ2n) is 6.59. The third-order valence-corrected chi connectivity index (χ3v) is 5.00. The van der Waals surface area contributed by atoms with Crippen molar-refractivity contribution in [3.63, 3.8) is 0 Å². The lowest BCUT2D eigenvalue weighted by Gasteiger charge is -2.45. The van der Waals surface area contributed by atoms with Crippen molar-refractivity contribution in [2.75, 3.05) is 18.0 Å². The molecule has 2 heterocycles. The average molecular weight is 377 g/mol. The summed E-state index contributed by atoms with van der Waals surface area (Å²) in [6, 6.07) is 8.85. The molecule has 3 rings (SSSR count). The lowest BCUT2D eigenvalue weighted by atomic mass is 10.1. The summed E-state index contributed by atoms with van der Waals surface area (Å²) in [4.78, 5) is 20.3. The number of halogens is 2. The fourth-order valence-corrected chi connectivity index (χ4v) is 3.65. The van der Waals surface area contributed by atoms with E-state index in [0.717, 1.165) is 5.56 Å². The summed E-state index contributed by atoms with van der Waals surface area (Å²) < 4.78 is 14.0. The van der Waals surface area contributed by atoms with Gasteiger partial charge in [-0.1, -0.05) is 29.8 Å². The second-order valence-corrected chi connectivity index (χ2v) is 6.99. The van der Waals surface area contributed by atoms with Gasteiger partial charge in [-0.15, -0.1) is 0 Å². The van der Waals surface area contributed by atoms with Crippen molar-refractivity contribution in [3.8, 4) is 0 Å². The van der Waals surface area contributed by atoms with Crippen LogP contribution in [-0.2, 0) is 6.54 Å². The van der Waals surface area contributed by atoms with Crippen molar-refractivity contribution < 1.29 is 9.18 Å². The molecule has 0 unspecified atom stereocenters. The summed E-state index contributed by atoms with van der Waals surface area (Å²) in [5.74, 6) is -0.344. The van der Waals surface area contributed by atoms with E-state index in [0.29, 0.717) is 30.3 Å². The minimum Gasteiger partial charge on any atom is -0.365 e. The van der Waals surface area contributed by atoms with Crippen LogP contribution in [0.4, 0.5) is 14.9 Å². The molecule has 2 amide bonds. The molecule has 0 bridgehead atoms. The van der Waals surface area contributed by atoms with Crippen LogP contribution in [0.2, 0.25) is 5.02 Å². The highest BCUT2D eigenvalue weighted by atomic mass is 35.5. The van der Waals surface area contributed by atoms with Crippen molar-refractivity contribution in [1.82, 2.24) is 15.2 Å². The first-order valence-corrected chi connectivity index (χ1v) is 8.99. The molecule has 5 nitrogen and oxygen atoms in total. The van der Waals surface area contributed by atoms with E-state index in [1.165, 1.54) is 6.20 Å². The number of hydrogen-bond acceptors (Lipinski definition) is 3. The maximum Gasteiger partial charge on any atom is 0.318 e. The van der Waals surface area contributed by atoms with Crippen LogP contribution in [0.1, 0.15) is 19.4 Å². The Labute approximate surface area is 157 Å². The highest BCUT2D eigenvalue weighted by molar-refractivity contribution is 6.31. The van der Waals surface area contributed by atoms with Crippen LogP contribution in [0.5, 0.6) is 0 Å². The van der Waals surface area contributed by atoms with Gasteiger partial charge in [-0.3, -0.25) is 4.98 Å². The van der Waals surface area contributed by atoms with Crippen molar-refractivity contribution in [3.05, 3.63) is 59.1 Å². The normalized spacial score (nSPS) is 20.2. The molecular weight excluding hydrogens is 355 g/mol. The van der Waals surface area contributed by atoms with Crippen LogP contribution < -0.4 is 10.2 Å². The van der Waals surface area contributed by atoms with Gasteiger partial charge < -0.3 is 15.1 Å². The van der Waals surface area contributed by atoms with Crippen LogP contribution in [0.3, 0.4) is 0 Å². The highest BCUT2D eigenvalue weighted by Gasteiger charge is 2.33. The molecule has 26 heavy (non-hydrogen) atoms. The van der Waals surface area contributed by atoms with Crippen molar-refractivity contribution in [1.29, 1.82) is 0 Å². The molecule has 1 aromatic heterocycles. The number of hydrogen-bond donors (Lipinski definition) is 1. The molecule has 0 radical (unpaired) electrons. The molecule has 138 valence electrons. The lowest BCUT2D eigenvalue weighted by molar-refractivity contribution is 0.141. The first-order chi connectivity index (χ1) is 12.5. The number of nitrogens with one attached hydrogen (secondary N) is 1. The number of pyridine rings is 1. The summed E-state index contributed by atoms with van der Waals surface area (Å²) in [6.07, 6.45) is 2.80. The lowest BCUT2D eigenvalue weighted by Crippen LogP contribution is -2.61. The number of piperazine rings is 1. The van der Waals surface area contributed by atoms with Gasteiger partial charge in [0.1, 0.15) is 0 Å². The van der Waals surface area contributed by atoms with Crippen LogP contribution in [0.15, 0.2) is 42.7 Å². The molecule has 1 aliphatic heterocycles. The summed E-state index contributed by atoms with van der Waals surface area (Å²) >= 11 is 6.14. The van der Waals surface area contributed by atoms with Gasteiger partial charge in [0.25, 0.3) is 0 Å². The molecule has 0 spiro atoms. The van der Waals surface area contributed by atoms with E-state index in [9.17, 15) is 9.18 Å². The molecular formula is C19H22ClFN4O.